The minimum absolute atomic E-state index is 0.00472. The maximum atomic E-state index is 12.8. The first-order chi connectivity index (χ1) is 18.1. The van der Waals surface area contributed by atoms with Gasteiger partial charge < -0.3 is 24.7 Å². The molecule has 0 radical (unpaired) electrons. The van der Waals surface area contributed by atoms with Crippen LogP contribution in [0.15, 0.2) is 41.5 Å². The highest BCUT2D eigenvalue weighted by atomic mass is 35.5. The third kappa shape index (κ3) is 7.22. The van der Waals surface area contributed by atoms with Crippen molar-refractivity contribution in [3.05, 3.63) is 63.4 Å². The van der Waals surface area contributed by atoms with Gasteiger partial charge in [0.2, 0.25) is 0 Å². The predicted octanol–water partition coefficient (Wildman–Crippen LogP) is 4.32. The molecule has 1 aromatic carbocycles. The number of hydrogen-bond acceptors (Lipinski definition) is 7. The molecule has 38 heavy (non-hydrogen) atoms. The summed E-state index contributed by atoms with van der Waals surface area (Å²) >= 11 is 6.28. The van der Waals surface area contributed by atoms with E-state index in [-0.39, 0.29) is 24.2 Å². The second-order valence-electron chi connectivity index (χ2n) is 10.3. The normalized spacial score (nSPS) is 14.4. The van der Waals surface area contributed by atoms with Gasteiger partial charge in [0, 0.05) is 25.8 Å². The van der Waals surface area contributed by atoms with Crippen molar-refractivity contribution in [1.29, 1.82) is 0 Å². The zero-order valence-electron chi connectivity index (χ0n) is 21.8. The zero-order valence-corrected chi connectivity index (χ0v) is 22.5. The standard InChI is InChI=1S/C27H32ClN5O5/c1-27(2,3)38-26(36)33-12-8-17(9-13-33)6-11-30-24(34)20-14-18(4-5-21(20)28)37-16-23-31-22-15-29-10-7-19(22)25(35)32-23/h4-5,7,10,14-15,17H,6,8-9,11-13,16H2,1-3H3,(H,30,34)(H,31,32,35). The highest BCUT2D eigenvalue weighted by molar-refractivity contribution is 6.33. The maximum absolute atomic E-state index is 12.8. The molecule has 0 bridgehead atoms. The summed E-state index contributed by atoms with van der Waals surface area (Å²) in [6.07, 6.45) is 5.30. The van der Waals surface area contributed by atoms with E-state index in [1.807, 2.05) is 20.8 Å². The van der Waals surface area contributed by atoms with Crippen LogP contribution in [0.4, 0.5) is 4.79 Å². The molecule has 2 amide bonds. The molecule has 0 saturated carbocycles. The van der Waals surface area contributed by atoms with E-state index in [1.54, 1.807) is 29.2 Å². The SMILES string of the molecule is CC(C)(C)OC(=O)N1CCC(CCNC(=O)c2cc(OCc3nc4cnccc4c(=O)[nH]3)ccc2Cl)CC1. The second-order valence-corrected chi connectivity index (χ2v) is 10.7. The molecule has 10 nitrogen and oxygen atoms in total. The van der Waals surface area contributed by atoms with Crippen LogP contribution in [0.5, 0.6) is 5.75 Å². The zero-order chi connectivity index (χ0) is 27.3. The van der Waals surface area contributed by atoms with E-state index in [9.17, 15) is 14.4 Å². The number of carbonyl (C=O) groups excluding carboxylic acids is 2. The summed E-state index contributed by atoms with van der Waals surface area (Å²) < 4.78 is 11.2. The molecule has 3 heterocycles. The van der Waals surface area contributed by atoms with Crippen LogP contribution in [0.2, 0.25) is 5.02 Å². The number of hydrogen-bond donors (Lipinski definition) is 2. The van der Waals surface area contributed by atoms with Crippen molar-refractivity contribution in [2.75, 3.05) is 19.6 Å². The minimum atomic E-state index is -0.508. The Hall–Kier alpha value is -3.66. The number of halogens is 1. The Morgan fingerprint density at radius 3 is 2.71 bits per heavy atom. The Morgan fingerprint density at radius 1 is 1.21 bits per heavy atom. The Morgan fingerprint density at radius 2 is 1.97 bits per heavy atom. The number of likely N-dealkylation sites (tertiary alicyclic amines) is 1. The largest absolute Gasteiger partial charge is 0.486 e. The fourth-order valence-corrected chi connectivity index (χ4v) is 4.45. The number of H-pyrrole nitrogens is 1. The van der Waals surface area contributed by atoms with Gasteiger partial charge >= 0.3 is 6.09 Å². The Bertz CT molecular complexity index is 1360. The van der Waals surface area contributed by atoms with Crippen LogP contribution in [0.25, 0.3) is 10.9 Å². The number of aromatic amines is 1. The van der Waals surface area contributed by atoms with E-state index in [0.717, 1.165) is 19.3 Å². The first-order valence-corrected chi connectivity index (χ1v) is 13.0. The Kier molecular flexibility index (Phi) is 8.51. The highest BCUT2D eigenvalue weighted by Gasteiger charge is 2.26. The fraction of sp³-hybridized carbons (Fsp3) is 0.444. The first kappa shape index (κ1) is 27.4. The molecule has 1 aliphatic heterocycles. The van der Waals surface area contributed by atoms with Gasteiger partial charge in [-0.2, -0.15) is 0 Å². The minimum Gasteiger partial charge on any atom is -0.486 e. The van der Waals surface area contributed by atoms with Gasteiger partial charge in [0.1, 0.15) is 23.8 Å². The van der Waals surface area contributed by atoms with Crippen LogP contribution in [-0.4, -0.2) is 57.1 Å². The van der Waals surface area contributed by atoms with Gasteiger partial charge in [-0.05, 0) is 70.2 Å². The summed E-state index contributed by atoms with van der Waals surface area (Å²) in [5, 5.41) is 3.69. The average molecular weight is 542 g/mol. The predicted molar refractivity (Wildman–Crippen MR) is 143 cm³/mol. The number of fused-ring (bicyclic) bond motifs is 1. The summed E-state index contributed by atoms with van der Waals surface area (Å²) in [6.45, 7) is 7.36. The monoisotopic (exact) mass is 541 g/mol. The topological polar surface area (TPSA) is 127 Å². The van der Waals surface area contributed by atoms with Crippen LogP contribution in [0.3, 0.4) is 0 Å². The molecule has 2 aromatic heterocycles. The van der Waals surface area contributed by atoms with Gasteiger partial charge in [0.15, 0.2) is 0 Å². The summed E-state index contributed by atoms with van der Waals surface area (Å²) in [5.74, 6) is 0.873. The van der Waals surface area contributed by atoms with Gasteiger partial charge in [-0.25, -0.2) is 9.78 Å². The lowest BCUT2D eigenvalue weighted by Crippen LogP contribution is -2.42. The quantitative estimate of drug-likeness (QED) is 0.456. The molecule has 202 valence electrons. The number of aromatic nitrogens is 3. The van der Waals surface area contributed by atoms with Crippen LogP contribution < -0.4 is 15.6 Å². The molecule has 0 atom stereocenters. The van der Waals surface area contributed by atoms with Gasteiger partial charge in [-0.3, -0.25) is 14.6 Å². The lowest BCUT2D eigenvalue weighted by atomic mass is 9.94. The Balaban J connectivity index is 1.26. The number of amides is 2. The molecule has 0 aliphatic carbocycles. The van der Waals surface area contributed by atoms with Crippen molar-refractivity contribution in [1.82, 2.24) is 25.2 Å². The van der Waals surface area contributed by atoms with E-state index >= 15 is 0 Å². The molecule has 0 spiro atoms. The summed E-state index contributed by atoms with van der Waals surface area (Å²) in [5.41, 5.74) is -0.0107. The molecule has 1 fully saturated rings. The smallest absolute Gasteiger partial charge is 0.410 e. The van der Waals surface area contributed by atoms with Crippen molar-refractivity contribution in [3.8, 4) is 5.75 Å². The number of piperidine rings is 1. The van der Waals surface area contributed by atoms with Crippen LogP contribution in [-0.2, 0) is 11.3 Å². The molecule has 4 rings (SSSR count). The average Bonchev–Trinajstić information content (AvgIpc) is 2.87. The fourth-order valence-electron chi connectivity index (χ4n) is 4.24. The lowest BCUT2D eigenvalue weighted by Gasteiger charge is -2.33. The highest BCUT2D eigenvalue weighted by Crippen LogP contribution is 2.24. The van der Waals surface area contributed by atoms with E-state index < -0.39 is 5.60 Å². The number of nitrogens with zero attached hydrogens (tertiary/aromatic N) is 3. The third-order valence-corrected chi connectivity index (χ3v) is 6.55. The van der Waals surface area contributed by atoms with Crippen molar-refractivity contribution >= 4 is 34.5 Å². The number of nitrogens with one attached hydrogen (secondary N) is 2. The molecule has 2 N–H and O–H groups in total. The summed E-state index contributed by atoms with van der Waals surface area (Å²) in [6, 6.07) is 6.41. The van der Waals surface area contributed by atoms with E-state index in [1.165, 1.54) is 12.4 Å². The maximum Gasteiger partial charge on any atom is 0.410 e. The third-order valence-electron chi connectivity index (χ3n) is 6.22. The van der Waals surface area contributed by atoms with E-state index in [2.05, 4.69) is 20.3 Å². The van der Waals surface area contributed by atoms with Gasteiger partial charge in [0.05, 0.1) is 27.7 Å². The number of rotatable bonds is 7. The molecule has 1 saturated heterocycles. The number of benzene rings is 1. The van der Waals surface area contributed by atoms with Crippen molar-refractivity contribution in [2.24, 2.45) is 5.92 Å². The summed E-state index contributed by atoms with van der Waals surface area (Å²) in [4.78, 5) is 50.1. The lowest BCUT2D eigenvalue weighted by molar-refractivity contribution is 0.0181. The van der Waals surface area contributed by atoms with E-state index in [4.69, 9.17) is 21.1 Å². The first-order valence-electron chi connectivity index (χ1n) is 12.6. The van der Waals surface area contributed by atoms with Gasteiger partial charge in [-0.15, -0.1) is 0 Å². The molecular weight excluding hydrogens is 510 g/mol. The Labute approximate surface area is 225 Å². The molecule has 0 unspecified atom stereocenters. The van der Waals surface area contributed by atoms with Crippen LogP contribution in [0, 0.1) is 5.92 Å². The number of pyridine rings is 1. The number of carbonyl (C=O) groups is 2. The molecular formula is C27H32ClN5O5. The van der Waals surface area contributed by atoms with Crippen LogP contribution in [0.1, 0.15) is 56.2 Å². The number of ether oxygens (including phenoxy) is 2. The van der Waals surface area contributed by atoms with E-state index in [0.29, 0.717) is 58.6 Å². The van der Waals surface area contributed by atoms with Gasteiger partial charge in [-0.1, -0.05) is 11.6 Å². The second kappa shape index (κ2) is 11.8. The van der Waals surface area contributed by atoms with Crippen molar-refractivity contribution < 1.29 is 19.1 Å². The molecule has 3 aromatic rings. The van der Waals surface area contributed by atoms with Crippen molar-refractivity contribution in [2.45, 2.75) is 52.2 Å². The summed E-state index contributed by atoms with van der Waals surface area (Å²) in [7, 11) is 0. The molecule has 11 heteroatoms. The van der Waals surface area contributed by atoms with Crippen molar-refractivity contribution in [3.63, 3.8) is 0 Å². The van der Waals surface area contributed by atoms with Crippen LogP contribution >= 0.6 is 11.6 Å². The molecule has 1 aliphatic rings. The van der Waals surface area contributed by atoms with Gasteiger partial charge in [0.25, 0.3) is 11.5 Å².